The fourth-order valence-electron chi connectivity index (χ4n) is 1.96. The van der Waals surface area contributed by atoms with E-state index in [4.69, 9.17) is 5.26 Å². The molecule has 1 fully saturated rings. The number of allylic oxidation sites excluding steroid dienone is 3. The molecule has 0 aliphatic carbocycles. The number of hydrogen-bond donors (Lipinski definition) is 2. The lowest BCUT2D eigenvalue weighted by Gasteiger charge is -2.28. The summed E-state index contributed by atoms with van der Waals surface area (Å²) in [6.45, 7) is 1.94. The molecule has 82 valence electrons. The molecule has 0 bridgehead atoms. The Hall–Kier alpha value is -2.02. The van der Waals surface area contributed by atoms with E-state index in [-0.39, 0.29) is 11.9 Å². The van der Waals surface area contributed by atoms with E-state index in [1.807, 2.05) is 37.5 Å². The molecule has 4 heteroatoms. The van der Waals surface area contributed by atoms with Crippen molar-refractivity contribution in [2.45, 2.75) is 19.4 Å². The predicted octanol–water partition coefficient (Wildman–Crippen LogP) is 0.962. The standard InChI is InChI=1S/C12H13N3O/c1-8-11(9-2-4-14-5-3-9)6-10(7-13)12(16)15-8/h2-5,8,10,14H,6H2,1H3,(H,15,16). The van der Waals surface area contributed by atoms with E-state index in [1.165, 1.54) is 0 Å². The van der Waals surface area contributed by atoms with Crippen LogP contribution in [0, 0.1) is 17.2 Å². The SMILES string of the molecule is CC1NC(=O)C(C#N)CC1=C1C=CNC=C1. The summed E-state index contributed by atoms with van der Waals surface area (Å²) >= 11 is 0. The molecular weight excluding hydrogens is 202 g/mol. The van der Waals surface area contributed by atoms with E-state index in [9.17, 15) is 4.79 Å². The van der Waals surface area contributed by atoms with Gasteiger partial charge in [-0.3, -0.25) is 4.79 Å². The normalized spacial score (nSPS) is 28.4. The zero-order valence-corrected chi connectivity index (χ0v) is 9.03. The number of nitrogens with zero attached hydrogens (tertiary/aromatic N) is 1. The van der Waals surface area contributed by atoms with Gasteiger partial charge >= 0.3 is 0 Å². The topological polar surface area (TPSA) is 64.9 Å². The maximum atomic E-state index is 11.5. The van der Waals surface area contributed by atoms with Gasteiger partial charge in [0, 0.05) is 18.4 Å². The Bertz CT molecular complexity index is 426. The lowest BCUT2D eigenvalue weighted by Crippen LogP contribution is -2.43. The molecular formula is C12H13N3O. The first-order valence-corrected chi connectivity index (χ1v) is 5.24. The van der Waals surface area contributed by atoms with Crippen molar-refractivity contribution in [3.8, 4) is 6.07 Å². The van der Waals surface area contributed by atoms with Crippen LogP contribution in [0.1, 0.15) is 13.3 Å². The first-order valence-electron chi connectivity index (χ1n) is 5.24. The van der Waals surface area contributed by atoms with E-state index in [2.05, 4.69) is 10.6 Å². The third-order valence-electron chi connectivity index (χ3n) is 2.87. The summed E-state index contributed by atoms with van der Waals surface area (Å²) in [7, 11) is 0. The van der Waals surface area contributed by atoms with Crippen molar-refractivity contribution in [2.24, 2.45) is 5.92 Å². The van der Waals surface area contributed by atoms with Crippen LogP contribution in [-0.4, -0.2) is 11.9 Å². The number of nitriles is 1. The second-order valence-electron chi connectivity index (χ2n) is 3.93. The fraction of sp³-hybridized carbons (Fsp3) is 0.333. The van der Waals surface area contributed by atoms with Crippen molar-refractivity contribution in [1.29, 1.82) is 5.26 Å². The van der Waals surface area contributed by atoms with Crippen LogP contribution in [0.15, 0.2) is 35.7 Å². The molecule has 1 saturated heterocycles. The Kier molecular flexibility index (Phi) is 2.78. The van der Waals surface area contributed by atoms with Gasteiger partial charge < -0.3 is 10.6 Å². The molecule has 2 N–H and O–H groups in total. The minimum Gasteiger partial charge on any atom is -0.368 e. The number of nitrogens with one attached hydrogen (secondary N) is 2. The van der Waals surface area contributed by atoms with Gasteiger partial charge in [-0.25, -0.2) is 0 Å². The van der Waals surface area contributed by atoms with E-state index in [1.54, 1.807) is 0 Å². The van der Waals surface area contributed by atoms with Gasteiger partial charge in [0.05, 0.1) is 6.07 Å². The molecule has 0 saturated carbocycles. The molecule has 2 atom stereocenters. The first-order chi connectivity index (χ1) is 7.72. The molecule has 4 nitrogen and oxygen atoms in total. The molecule has 0 aromatic rings. The Labute approximate surface area is 94.3 Å². The second kappa shape index (κ2) is 4.23. The summed E-state index contributed by atoms with van der Waals surface area (Å²) < 4.78 is 0. The van der Waals surface area contributed by atoms with Gasteiger partial charge in [-0.15, -0.1) is 0 Å². The summed E-state index contributed by atoms with van der Waals surface area (Å²) in [5, 5.41) is 14.7. The molecule has 2 heterocycles. The minimum atomic E-state index is -0.560. The van der Waals surface area contributed by atoms with Gasteiger partial charge in [0.25, 0.3) is 0 Å². The zero-order valence-electron chi connectivity index (χ0n) is 9.03. The van der Waals surface area contributed by atoms with Crippen molar-refractivity contribution in [1.82, 2.24) is 10.6 Å². The summed E-state index contributed by atoms with van der Waals surface area (Å²) in [5.74, 6) is -0.725. The zero-order chi connectivity index (χ0) is 11.5. The number of piperidine rings is 1. The van der Waals surface area contributed by atoms with Crippen LogP contribution in [-0.2, 0) is 4.79 Å². The largest absolute Gasteiger partial charge is 0.368 e. The van der Waals surface area contributed by atoms with Gasteiger partial charge in [0.15, 0.2) is 0 Å². The molecule has 2 aliphatic heterocycles. The van der Waals surface area contributed by atoms with Crippen molar-refractivity contribution in [3.63, 3.8) is 0 Å². The molecule has 0 aromatic carbocycles. The fourth-order valence-corrected chi connectivity index (χ4v) is 1.96. The highest BCUT2D eigenvalue weighted by atomic mass is 16.2. The van der Waals surface area contributed by atoms with Crippen molar-refractivity contribution in [2.75, 3.05) is 0 Å². The van der Waals surface area contributed by atoms with Crippen LogP contribution in [0.25, 0.3) is 0 Å². The summed E-state index contributed by atoms with van der Waals surface area (Å²) in [4.78, 5) is 11.5. The quantitative estimate of drug-likeness (QED) is 0.632. The highest BCUT2D eigenvalue weighted by molar-refractivity contribution is 5.83. The molecule has 1 amide bonds. The molecule has 2 aliphatic rings. The van der Waals surface area contributed by atoms with Crippen LogP contribution in [0.5, 0.6) is 0 Å². The molecule has 0 aromatic heterocycles. The second-order valence-corrected chi connectivity index (χ2v) is 3.93. The number of hydrogen-bond acceptors (Lipinski definition) is 3. The van der Waals surface area contributed by atoms with Gasteiger partial charge in [-0.1, -0.05) is 0 Å². The molecule has 2 rings (SSSR count). The van der Waals surface area contributed by atoms with E-state index < -0.39 is 5.92 Å². The lowest BCUT2D eigenvalue weighted by atomic mass is 9.87. The van der Waals surface area contributed by atoms with Crippen LogP contribution < -0.4 is 10.6 Å². The number of carbonyl (C=O) groups is 1. The highest BCUT2D eigenvalue weighted by Crippen LogP contribution is 2.25. The van der Waals surface area contributed by atoms with Gasteiger partial charge in [-0.2, -0.15) is 5.26 Å². The van der Waals surface area contributed by atoms with Gasteiger partial charge in [0.2, 0.25) is 5.91 Å². The minimum absolute atomic E-state index is 0.000463. The first kappa shape index (κ1) is 10.5. The van der Waals surface area contributed by atoms with E-state index in [0.717, 1.165) is 11.1 Å². The lowest BCUT2D eigenvalue weighted by molar-refractivity contribution is -0.124. The molecule has 16 heavy (non-hydrogen) atoms. The Morgan fingerprint density at radius 3 is 2.75 bits per heavy atom. The van der Waals surface area contributed by atoms with Crippen molar-refractivity contribution in [3.05, 3.63) is 35.7 Å². The summed E-state index contributed by atoms with van der Waals surface area (Å²) in [6, 6.07) is 2.03. The van der Waals surface area contributed by atoms with Gasteiger partial charge in [-0.05, 0) is 36.6 Å². The predicted molar refractivity (Wildman–Crippen MR) is 59.8 cm³/mol. The Balaban J connectivity index is 2.31. The average molecular weight is 215 g/mol. The highest BCUT2D eigenvalue weighted by Gasteiger charge is 2.30. The van der Waals surface area contributed by atoms with E-state index >= 15 is 0 Å². The Morgan fingerprint density at radius 1 is 1.44 bits per heavy atom. The summed E-state index contributed by atoms with van der Waals surface area (Å²) in [5.41, 5.74) is 2.19. The molecule has 0 spiro atoms. The monoisotopic (exact) mass is 215 g/mol. The van der Waals surface area contributed by atoms with Crippen molar-refractivity contribution < 1.29 is 4.79 Å². The van der Waals surface area contributed by atoms with Gasteiger partial charge in [0.1, 0.15) is 5.92 Å². The maximum absolute atomic E-state index is 11.5. The van der Waals surface area contributed by atoms with Crippen LogP contribution >= 0.6 is 0 Å². The number of amides is 1. The molecule has 0 radical (unpaired) electrons. The van der Waals surface area contributed by atoms with E-state index in [0.29, 0.717) is 6.42 Å². The van der Waals surface area contributed by atoms with Crippen LogP contribution in [0.4, 0.5) is 0 Å². The number of rotatable bonds is 0. The average Bonchev–Trinajstić information content (AvgIpc) is 2.30. The number of carbonyl (C=O) groups excluding carboxylic acids is 1. The smallest absolute Gasteiger partial charge is 0.238 e. The Morgan fingerprint density at radius 2 is 2.12 bits per heavy atom. The van der Waals surface area contributed by atoms with Crippen molar-refractivity contribution >= 4 is 5.91 Å². The van der Waals surface area contributed by atoms with Crippen LogP contribution in [0.3, 0.4) is 0 Å². The van der Waals surface area contributed by atoms with Crippen LogP contribution in [0.2, 0.25) is 0 Å². The summed E-state index contributed by atoms with van der Waals surface area (Å²) in [6.07, 6.45) is 8.11. The third-order valence-corrected chi connectivity index (χ3v) is 2.87. The third kappa shape index (κ3) is 1.84. The maximum Gasteiger partial charge on any atom is 0.238 e. The molecule has 2 unspecified atom stereocenters. The number of dihydropyridines is 1.